The maximum absolute atomic E-state index is 7.88. The Bertz CT molecular complexity index is 18.3. The van der Waals surface area contributed by atoms with Crippen molar-refractivity contribution in [2.75, 3.05) is 13.6 Å². The molecule has 35 valence electrons. The van der Waals surface area contributed by atoms with Gasteiger partial charge in [-0.2, -0.15) is 0 Å². The standard InChI is InChI=1S/C3H8NO.Y/c1-4-2-3-5;/h3-5H,2H2,1H3;/q-1;. The van der Waals surface area contributed by atoms with E-state index < -0.39 is 0 Å². The third-order valence-corrected chi connectivity index (χ3v) is 0.295. The Balaban J connectivity index is 0. The van der Waals surface area contributed by atoms with Gasteiger partial charge in [0, 0.05) is 32.7 Å². The Kier molecular flexibility index (Phi) is 15.8. The minimum Gasteiger partial charge on any atom is -0.565 e. The number of rotatable bonds is 2. The predicted molar refractivity (Wildman–Crippen MR) is 20.2 cm³/mol. The quantitative estimate of drug-likeness (QED) is 0.549. The molecule has 0 aliphatic rings. The molecular weight excluding hydrogens is 155 g/mol. The van der Waals surface area contributed by atoms with Crippen LogP contribution in [0.15, 0.2) is 0 Å². The smallest absolute Gasteiger partial charge is 0 e. The second kappa shape index (κ2) is 9.39. The van der Waals surface area contributed by atoms with Gasteiger partial charge in [0.2, 0.25) is 0 Å². The van der Waals surface area contributed by atoms with Crippen LogP contribution in [0.5, 0.6) is 0 Å². The largest absolute Gasteiger partial charge is 0.565 e. The van der Waals surface area contributed by atoms with Crippen LogP contribution in [0.1, 0.15) is 0 Å². The summed E-state index contributed by atoms with van der Waals surface area (Å²) in [5.74, 6) is 0. The van der Waals surface area contributed by atoms with Gasteiger partial charge in [-0.1, -0.05) is 0 Å². The van der Waals surface area contributed by atoms with E-state index in [1.165, 1.54) is 0 Å². The van der Waals surface area contributed by atoms with E-state index in [0.717, 1.165) is 6.61 Å². The normalized spacial score (nSPS) is 7.00. The molecule has 0 saturated carbocycles. The third-order valence-electron chi connectivity index (χ3n) is 0.295. The predicted octanol–water partition coefficient (Wildman–Crippen LogP) is -0.262. The van der Waals surface area contributed by atoms with E-state index >= 15 is 0 Å². The van der Waals surface area contributed by atoms with Crippen LogP contribution in [-0.4, -0.2) is 18.7 Å². The molecule has 0 spiro atoms. The number of hydrogen-bond donors (Lipinski definition) is 2. The van der Waals surface area contributed by atoms with E-state index in [1.807, 2.05) is 0 Å². The minimum atomic E-state index is 0. The molecule has 0 unspecified atom stereocenters. The number of nitrogens with one attached hydrogen (secondary N) is 1. The van der Waals surface area contributed by atoms with Gasteiger partial charge in [0.15, 0.2) is 0 Å². The van der Waals surface area contributed by atoms with Crippen LogP contribution in [0, 0.1) is 6.61 Å². The van der Waals surface area contributed by atoms with Crippen LogP contribution < -0.4 is 5.32 Å². The van der Waals surface area contributed by atoms with E-state index in [4.69, 9.17) is 5.11 Å². The number of likely N-dealkylation sites (N-methyl/N-ethyl adjacent to an activating group) is 1. The van der Waals surface area contributed by atoms with Crippen molar-refractivity contribution >= 4 is 0 Å². The van der Waals surface area contributed by atoms with Gasteiger partial charge in [0.05, 0.1) is 0 Å². The minimum absolute atomic E-state index is 0. The zero-order valence-electron chi connectivity index (χ0n) is 3.81. The SMILES string of the molecule is CNC[CH-]O.[Y]. The summed E-state index contributed by atoms with van der Waals surface area (Å²) in [6.45, 7) is 1.64. The molecule has 0 fully saturated rings. The fourth-order valence-electron chi connectivity index (χ4n) is 0.0913. The number of aliphatic hydroxyl groups is 1. The van der Waals surface area contributed by atoms with E-state index in [0.29, 0.717) is 6.54 Å². The first-order valence-corrected chi connectivity index (χ1v) is 1.52. The van der Waals surface area contributed by atoms with Crippen molar-refractivity contribution < 1.29 is 37.8 Å². The van der Waals surface area contributed by atoms with Crippen molar-refractivity contribution in [1.82, 2.24) is 5.32 Å². The average molecular weight is 163 g/mol. The maximum Gasteiger partial charge on any atom is 0 e. The molecule has 0 aromatic heterocycles. The fraction of sp³-hybridized carbons (Fsp3) is 0.667. The van der Waals surface area contributed by atoms with Gasteiger partial charge in [-0.15, -0.1) is 6.54 Å². The van der Waals surface area contributed by atoms with E-state index in [9.17, 15) is 0 Å². The topological polar surface area (TPSA) is 32.3 Å². The third kappa shape index (κ3) is 8.90. The molecule has 3 heteroatoms. The van der Waals surface area contributed by atoms with Crippen LogP contribution in [0.3, 0.4) is 0 Å². The molecule has 0 aromatic carbocycles. The van der Waals surface area contributed by atoms with Gasteiger partial charge in [0.1, 0.15) is 0 Å². The van der Waals surface area contributed by atoms with E-state index in [2.05, 4.69) is 5.32 Å². The van der Waals surface area contributed by atoms with Crippen LogP contribution >= 0.6 is 0 Å². The Morgan fingerprint density at radius 2 is 2.33 bits per heavy atom. The summed E-state index contributed by atoms with van der Waals surface area (Å²) >= 11 is 0. The Labute approximate surface area is 63.2 Å². The Morgan fingerprint density at radius 3 is 2.33 bits per heavy atom. The first-order valence-electron chi connectivity index (χ1n) is 1.52. The zero-order valence-corrected chi connectivity index (χ0v) is 6.65. The second-order valence-electron chi connectivity index (χ2n) is 0.740. The molecule has 1 radical (unpaired) electrons. The first kappa shape index (κ1) is 10.1. The maximum atomic E-state index is 7.88. The summed E-state index contributed by atoms with van der Waals surface area (Å²) in [5.41, 5.74) is 0. The van der Waals surface area contributed by atoms with Gasteiger partial charge < -0.3 is 10.4 Å². The van der Waals surface area contributed by atoms with Crippen molar-refractivity contribution in [3.8, 4) is 0 Å². The number of hydrogen-bond acceptors (Lipinski definition) is 2. The van der Waals surface area contributed by atoms with Crippen molar-refractivity contribution in [2.24, 2.45) is 0 Å². The zero-order chi connectivity index (χ0) is 4.12. The Morgan fingerprint density at radius 1 is 1.83 bits per heavy atom. The average Bonchev–Trinajstić information content (AvgIpc) is 1.41. The second-order valence-corrected chi connectivity index (χ2v) is 0.740. The fourth-order valence-corrected chi connectivity index (χ4v) is 0.0913. The van der Waals surface area contributed by atoms with Gasteiger partial charge in [-0.25, -0.2) is 6.61 Å². The molecule has 0 bridgehead atoms. The molecule has 2 nitrogen and oxygen atoms in total. The summed E-state index contributed by atoms with van der Waals surface area (Å²) in [4.78, 5) is 0. The summed E-state index contributed by atoms with van der Waals surface area (Å²) in [7, 11) is 1.77. The van der Waals surface area contributed by atoms with E-state index in [-0.39, 0.29) is 32.7 Å². The summed E-state index contributed by atoms with van der Waals surface area (Å²) in [6.07, 6.45) is 0. The molecule has 0 amide bonds. The van der Waals surface area contributed by atoms with Crippen molar-refractivity contribution in [1.29, 1.82) is 0 Å². The van der Waals surface area contributed by atoms with Crippen LogP contribution in [-0.2, 0) is 32.7 Å². The summed E-state index contributed by atoms with van der Waals surface area (Å²) in [5, 5.41) is 10.6. The Hall–Kier alpha value is 1.02. The number of aliphatic hydroxyl groups excluding tert-OH is 1. The molecule has 0 saturated heterocycles. The molecule has 0 aliphatic heterocycles. The molecule has 0 aliphatic carbocycles. The summed E-state index contributed by atoms with van der Waals surface area (Å²) in [6, 6.07) is 0. The first-order chi connectivity index (χ1) is 2.41. The van der Waals surface area contributed by atoms with Gasteiger partial charge in [-0.05, 0) is 7.05 Å². The van der Waals surface area contributed by atoms with Crippen LogP contribution in [0.2, 0.25) is 0 Å². The van der Waals surface area contributed by atoms with Gasteiger partial charge in [0.25, 0.3) is 0 Å². The molecule has 0 heterocycles. The molecular formula is C3H8NOY-. The van der Waals surface area contributed by atoms with Crippen molar-refractivity contribution in [2.45, 2.75) is 0 Å². The van der Waals surface area contributed by atoms with Crippen molar-refractivity contribution in [3.05, 3.63) is 6.61 Å². The monoisotopic (exact) mass is 163 g/mol. The molecule has 0 atom stereocenters. The van der Waals surface area contributed by atoms with E-state index in [1.54, 1.807) is 7.05 Å². The van der Waals surface area contributed by atoms with Gasteiger partial charge >= 0.3 is 0 Å². The molecule has 6 heavy (non-hydrogen) atoms. The molecule has 0 rings (SSSR count). The van der Waals surface area contributed by atoms with Crippen molar-refractivity contribution in [3.63, 3.8) is 0 Å². The molecule has 0 aromatic rings. The van der Waals surface area contributed by atoms with Gasteiger partial charge in [-0.3, -0.25) is 0 Å². The summed E-state index contributed by atoms with van der Waals surface area (Å²) < 4.78 is 0. The van der Waals surface area contributed by atoms with Crippen LogP contribution in [0.25, 0.3) is 0 Å². The van der Waals surface area contributed by atoms with Crippen LogP contribution in [0.4, 0.5) is 0 Å². The molecule has 2 N–H and O–H groups in total.